The number of aromatic nitrogens is 3. The molecule has 0 radical (unpaired) electrons. The molecule has 1 atom stereocenters. The van der Waals surface area contributed by atoms with Gasteiger partial charge in [-0.3, -0.25) is 10.3 Å². The highest BCUT2D eigenvalue weighted by atomic mass is 16.6. The van der Waals surface area contributed by atoms with Crippen LogP contribution in [0.4, 0.5) is 10.5 Å². The number of amides is 1. The van der Waals surface area contributed by atoms with E-state index >= 15 is 0 Å². The van der Waals surface area contributed by atoms with Crippen molar-refractivity contribution in [1.82, 2.24) is 15.0 Å². The van der Waals surface area contributed by atoms with Gasteiger partial charge >= 0.3 is 6.09 Å². The minimum atomic E-state index is -0.591. The van der Waals surface area contributed by atoms with Crippen LogP contribution in [0.1, 0.15) is 16.8 Å². The van der Waals surface area contributed by atoms with Crippen molar-refractivity contribution in [2.24, 2.45) is 0 Å². The van der Waals surface area contributed by atoms with E-state index in [2.05, 4.69) is 20.3 Å². The minimum absolute atomic E-state index is 0.0235. The second-order valence-electron chi connectivity index (χ2n) is 9.43. The van der Waals surface area contributed by atoms with Gasteiger partial charge in [-0.25, -0.2) is 14.8 Å². The zero-order valence-electron chi connectivity index (χ0n) is 21.9. The summed E-state index contributed by atoms with van der Waals surface area (Å²) in [6.07, 6.45) is 2.11. The van der Waals surface area contributed by atoms with Crippen molar-refractivity contribution < 1.29 is 28.2 Å². The lowest BCUT2D eigenvalue weighted by Gasteiger charge is -2.27. The normalized spacial score (nSPS) is 14.4. The molecule has 0 bridgehead atoms. The number of furan rings is 1. The van der Waals surface area contributed by atoms with E-state index in [1.165, 1.54) is 0 Å². The molecule has 0 aliphatic carbocycles. The molecule has 3 aromatic heterocycles. The van der Waals surface area contributed by atoms with Crippen molar-refractivity contribution in [2.75, 3.05) is 25.6 Å². The molecule has 1 N–H and O–H groups in total. The molecule has 0 fully saturated rings. The smallest absolute Gasteiger partial charge is 0.411 e. The fourth-order valence-corrected chi connectivity index (χ4v) is 4.55. The van der Waals surface area contributed by atoms with Gasteiger partial charge in [-0.05, 0) is 68.3 Å². The number of methoxy groups -OCH3 is 1. The third-order valence-corrected chi connectivity index (χ3v) is 6.42. The first-order chi connectivity index (χ1) is 18.9. The Balaban J connectivity index is 1.24. The number of hydrogen-bond acceptors (Lipinski definition) is 9. The molecule has 10 nitrogen and oxygen atoms in total. The summed E-state index contributed by atoms with van der Waals surface area (Å²) in [6, 6.07) is 11.3. The SMILES string of the molecule is COc1cnc2c(-c3cc4c5c(cc(C)c4o3)O[C@@H](COC(=O)Nc3ccc(C)nc3)CO5)cc(C)cc2n1. The maximum atomic E-state index is 12.2. The van der Waals surface area contributed by atoms with Crippen LogP contribution in [0.5, 0.6) is 17.4 Å². The number of carbonyl (C=O) groups excluding carboxylic acids is 1. The van der Waals surface area contributed by atoms with Gasteiger partial charge in [-0.15, -0.1) is 0 Å². The Morgan fingerprint density at radius 3 is 2.77 bits per heavy atom. The van der Waals surface area contributed by atoms with E-state index in [4.69, 9.17) is 23.4 Å². The van der Waals surface area contributed by atoms with E-state index in [9.17, 15) is 4.79 Å². The first-order valence-corrected chi connectivity index (χ1v) is 12.4. The number of fused-ring (bicyclic) bond motifs is 4. The van der Waals surface area contributed by atoms with Gasteiger partial charge in [0.05, 0.1) is 41.6 Å². The minimum Gasteiger partial charge on any atom is -0.485 e. The van der Waals surface area contributed by atoms with E-state index in [0.717, 1.165) is 27.8 Å². The van der Waals surface area contributed by atoms with Crippen molar-refractivity contribution in [2.45, 2.75) is 26.9 Å². The number of pyridine rings is 1. The number of anilines is 1. The zero-order chi connectivity index (χ0) is 27.1. The Morgan fingerprint density at radius 1 is 1.10 bits per heavy atom. The second-order valence-corrected chi connectivity index (χ2v) is 9.43. The van der Waals surface area contributed by atoms with E-state index in [1.54, 1.807) is 31.6 Å². The fraction of sp³-hybridized carbons (Fsp3) is 0.241. The van der Waals surface area contributed by atoms with Crippen LogP contribution >= 0.6 is 0 Å². The van der Waals surface area contributed by atoms with Crippen LogP contribution < -0.4 is 19.5 Å². The molecule has 1 aliphatic rings. The largest absolute Gasteiger partial charge is 0.485 e. The summed E-state index contributed by atoms with van der Waals surface area (Å²) in [7, 11) is 1.56. The summed E-state index contributed by atoms with van der Waals surface area (Å²) in [5, 5.41) is 3.45. The lowest BCUT2D eigenvalue weighted by molar-refractivity contribution is 0.0382. The molecular weight excluding hydrogens is 500 g/mol. The van der Waals surface area contributed by atoms with Crippen LogP contribution in [0.25, 0.3) is 33.3 Å². The van der Waals surface area contributed by atoms with Gasteiger partial charge in [-0.2, -0.15) is 0 Å². The molecule has 0 spiro atoms. The topological polar surface area (TPSA) is 118 Å². The quantitative estimate of drug-likeness (QED) is 0.305. The summed E-state index contributed by atoms with van der Waals surface area (Å²) in [4.78, 5) is 25.5. The number of benzene rings is 2. The third-order valence-electron chi connectivity index (χ3n) is 6.42. The molecule has 0 saturated carbocycles. The van der Waals surface area contributed by atoms with Crippen LogP contribution in [-0.2, 0) is 4.74 Å². The van der Waals surface area contributed by atoms with Crippen LogP contribution in [0.2, 0.25) is 0 Å². The average molecular weight is 527 g/mol. The van der Waals surface area contributed by atoms with E-state index < -0.39 is 12.2 Å². The highest BCUT2D eigenvalue weighted by Gasteiger charge is 2.27. The maximum Gasteiger partial charge on any atom is 0.411 e. The number of nitrogens with zero attached hydrogens (tertiary/aromatic N) is 3. The molecule has 4 heterocycles. The van der Waals surface area contributed by atoms with Crippen molar-refractivity contribution >= 4 is 33.8 Å². The van der Waals surface area contributed by atoms with E-state index in [0.29, 0.717) is 45.4 Å². The van der Waals surface area contributed by atoms with Gasteiger partial charge in [0.15, 0.2) is 17.6 Å². The second kappa shape index (κ2) is 9.79. The van der Waals surface area contributed by atoms with Crippen LogP contribution in [0.3, 0.4) is 0 Å². The standard InChI is InChI=1S/C29H26N4O6/c1-15-7-20(26-22(8-15)33-25(35-4)12-31-26)23-10-21-27(39-23)16(2)9-24-28(21)36-13-19(38-24)14-37-29(34)32-18-6-5-17(3)30-11-18/h5-12,19H,13-14H2,1-4H3,(H,32,34)/t19-/m1/s1. The number of carbonyl (C=O) groups is 1. The molecule has 1 aliphatic heterocycles. The summed E-state index contributed by atoms with van der Waals surface area (Å²) in [5.41, 5.74) is 6.26. The Hall–Kier alpha value is -4.86. The number of rotatable bonds is 5. The van der Waals surface area contributed by atoms with Gasteiger partial charge in [0.1, 0.15) is 24.6 Å². The molecule has 10 heteroatoms. The average Bonchev–Trinajstić information content (AvgIpc) is 3.38. The van der Waals surface area contributed by atoms with Crippen molar-refractivity contribution in [3.63, 3.8) is 0 Å². The maximum absolute atomic E-state index is 12.2. The van der Waals surface area contributed by atoms with Crippen LogP contribution in [-0.4, -0.2) is 47.5 Å². The molecular formula is C29H26N4O6. The molecule has 198 valence electrons. The lowest BCUT2D eigenvalue weighted by atomic mass is 10.1. The first kappa shape index (κ1) is 24.5. The molecule has 6 rings (SSSR count). The monoisotopic (exact) mass is 526 g/mol. The zero-order valence-corrected chi connectivity index (χ0v) is 21.9. The molecule has 1 amide bonds. The van der Waals surface area contributed by atoms with E-state index in [1.807, 2.05) is 45.0 Å². The highest BCUT2D eigenvalue weighted by molar-refractivity contribution is 5.97. The van der Waals surface area contributed by atoms with Gasteiger partial charge in [0.2, 0.25) is 5.88 Å². The summed E-state index contributed by atoms with van der Waals surface area (Å²) in [6.45, 7) is 6.05. The van der Waals surface area contributed by atoms with Crippen molar-refractivity contribution in [1.29, 1.82) is 0 Å². The first-order valence-electron chi connectivity index (χ1n) is 12.4. The molecule has 0 saturated heterocycles. The van der Waals surface area contributed by atoms with Gasteiger partial charge in [0, 0.05) is 11.3 Å². The number of hydrogen-bond donors (Lipinski definition) is 1. The number of nitrogens with one attached hydrogen (secondary N) is 1. The Kier molecular flexibility index (Phi) is 6.14. The van der Waals surface area contributed by atoms with Crippen molar-refractivity contribution in [3.8, 4) is 28.7 Å². The number of aryl methyl sites for hydroxylation is 3. The third kappa shape index (κ3) is 4.76. The van der Waals surface area contributed by atoms with Crippen LogP contribution in [0, 0.1) is 20.8 Å². The fourth-order valence-electron chi connectivity index (χ4n) is 4.55. The Bertz CT molecular complexity index is 1710. The predicted molar refractivity (Wildman–Crippen MR) is 145 cm³/mol. The molecule has 2 aromatic carbocycles. The highest BCUT2D eigenvalue weighted by Crippen LogP contribution is 2.44. The molecule has 5 aromatic rings. The number of ether oxygens (including phenoxy) is 4. The summed E-state index contributed by atoms with van der Waals surface area (Å²) >= 11 is 0. The molecule has 39 heavy (non-hydrogen) atoms. The van der Waals surface area contributed by atoms with E-state index in [-0.39, 0.29) is 13.2 Å². The van der Waals surface area contributed by atoms with Gasteiger partial charge < -0.3 is 23.4 Å². The van der Waals surface area contributed by atoms with Gasteiger partial charge in [-0.1, -0.05) is 0 Å². The van der Waals surface area contributed by atoms with Crippen LogP contribution in [0.15, 0.2) is 53.2 Å². The predicted octanol–water partition coefficient (Wildman–Crippen LogP) is 5.76. The Morgan fingerprint density at radius 2 is 1.97 bits per heavy atom. The van der Waals surface area contributed by atoms with Crippen molar-refractivity contribution in [3.05, 3.63) is 65.6 Å². The lowest BCUT2D eigenvalue weighted by Crippen LogP contribution is -2.35. The summed E-state index contributed by atoms with van der Waals surface area (Å²) in [5.74, 6) is 2.24. The Labute approximate surface area is 223 Å². The molecule has 0 unspecified atom stereocenters. The summed E-state index contributed by atoms with van der Waals surface area (Å²) < 4.78 is 29.2. The van der Waals surface area contributed by atoms with Gasteiger partial charge in [0.25, 0.3) is 0 Å².